The minimum absolute atomic E-state index is 0.0674. The van der Waals surface area contributed by atoms with Gasteiger partial charge in [-0.15, -0.1) is 41.1 Å². The summed E-state index contributed by atoms with van der Waals surface area (Å²) in [7, 11) is 3.03. The van der Waals surface area contributed by atoms with Crippen molar-refractivity contribution in [2.45, 2.75) is 0 Å². The molecule has 2 aromatic heterocycles. The van der Waals surface area contributed by atoms with Crippen LogP contribution in [0.3, 0.4) is 0 Å². The lowest BCUT2D eigenvalue weighted by molar-refractivity contribution is 0.950. The van der Waals surface area contributed by atoms with Gasteiger partial charge in [-0.05, 0) is 113 Å². The van der Waals surface area contributed by atoms with Gasteiger partial charge >= 0.3 is 0 Å². The second-order valence-corrected chi connectivity index (χ2v) is 25.0. The first kappa shape index (κ1) is 48.2. The first-order chi connectivity index (χ1) is 25.7. The summed E-state index contributed by atoms with van der Waals surface area (Å²) in [4.78, 5) is 16.3. The third kappa shape index (κ3) is 18.4. The van der Waals surface area contributed by atoms with Gasteiger partial charge in [-0.1, -0.05) is 101 Å². The Morgan fingerprint density at radius 1 is 0.593 bits per heavy atom. The van der Waals surface area contributed by atoms with E-state index in [2.05, 4.69) is 189 Å². The number of hydrogen-bond acceptors (Lipinski definition) is 7. The molecular weight excluding hydrogens is 815 g/mol. The van der Waals surface area contributed by atoms with E-state index >= 15 is 0 Å². The van der Waals surface area contributed by atoms with Crippen LogP contribution in [0.5, 0.6) is 0 Å². The van der Waals surface area contributed by atoms with E-state index < -0.39 is 0 Å². The molecule has 54 heavy (non-hydrogen) atoms. The molecule has 0 amide bonds. The normalized spacial score (nSPS) is 11.3. The second kappa shape index (κ2) is 26.9. The quantitative estimate of drug-likeness (QED) is 0.0915. The standard InChI is InChI=1S/C14H14N2.C10H16P2.C6H5NS2.C6H16P2.C5H4N2S2/c1-15-11-16(12-7-3-2-4-8-12)14-10-6-5-9-13(14)15;1-11(2)9-7-5-6-8-10(9)12(3)4;8-6(9)5-3-1-2-4-7-5;1-7(2)5-6-8(3)4;8-5(9)4-3-6-1-2-7-4/h2-10H,11H2,1H3;5-8H,1-4H3;1-4H,(H,8,9);5-6H2,1-4H3;1-3H,(H,8,9). The predicted molar refractivity (Wildman–Crippen MR) is 266 cm³/mol. The van der Waals surface area contributed by atoms with Gasteiger partial charge in [0.1, 0.15) is 5.69 Å². The molecule has 5 nitrogen and oxygen atoms in total. The van der Waals surface area contributed by atoms with Crippen molar-refractivity contribution in [1.29, 1.82) is 0 Å². The van der Waals surface area contributed by atoms with Crippen molar-refractivity contribution < 1.29 is 0 Å². The molecule has 1 aliphatic heterocycles. The van der Waals surface area contributed by atoms with Crippen LogP contribution in [0.4, 0.5) is 17.1 Å². The fourth-order valence-corrected chi connectivity index (χ4v) is 11.4. The molecule has 6 rings (SSSR count). The largest absolute Gasteiger partial charge is 0.355 e. The zero-order valence-corrected chi connectivity index (χ0v) is 39.9. The van der Waals surface area contributed by atoms with Crippen molar-refractivity contribution in [3.63, 3.8) is 0 Å². The van der Waals surface area contributed by atoms with Crippen LogP contribution in [-0.2, 0) is 0 Å². The number of aromatic nitrogens is 3. The zero-order chi connectivity index (χ0) is 40.0. The Morgan fingerprint density at radius 2 is 1.07 bits per heavy atom. The number of thiol groups is 2. The van der Waals surface area contributed by atoms with Crippen molar-refractivity contribution >= 4 is 117 Å². The summed E-state index contributed by atoms with van der Waals surface area (Å²) in [6.45, 7) is 19.6. The Labute approximate surface area is 352 Å². The molecule has 0 N–H and O–H groups in total. The average Bonchev–Trinajstić information content (AvgIpc) is 3.52. The molecule has 0 saturated carbocycles. The van der Waals surface area contributed by atoms with Gasteiger partial charge in [-0.2, -0.15) is 0 Å². The maximum atomic E-state index is 4.76. The highest BCUT2D eigenvalue weighted by Gasteiger charge is 2.23. The molecule has 0 radical (unpaired) electrons. The van der Waals surface area contributed by atoms with Crippen LogP contribution < -0.4 is 20.4 Å². The molecule has 0 unspecified atom stereocenters. The summed E-state index contributed by atoms with van der Waals surface area (Å²) in [5.41, 5.74) is 5.24. The summed E-state index contributed by atoms with van der Waals surface area (Å²) >= 11 is 17.4. The maximum absolute atomic E-state index is 4.76. The molecule has 0 saturated heterocycles. The molecule has 0 aliphatic carbocycles. The topological polar surface area (TPSA) is 45.2 Å². The number of para-hydroxylation sites is 3. The Hall–Kier alpha value is -1.91. The van der Waals surface area contributed by atoms with Gasteiger partial charge in [0.2, 0.25) is 0 Å². The molecule has 288 valence electrons. The van der Waals surface area contributed by atoms with Crippen LogP contribution in [-0.4, -0.2) is 103 Å². The lowest BCUT2D eigenvalue weighted by Gasteiger charge is -2.19. The number of anilines is 3. The van der Waals surface area contributed by atoms with Crippen LogP contribution >= 0.6 is 81.4 Å². The fraction of sp³-hybridized carbons (Fsp3) is 0.293. The molecule has 0 bridgehead atoms. The van der Waals surface area contributed by atoms with Crippen LogP contribution in [0, 0.1) is 0 Å². The number of benzene rings is 3. The van der Waals surface area contributed by atoms with E-state index in [9.17, 15) is 0 Å². The van der Waals surface area contributed by atoms with Crippen LogP contribution in [0.1, 0.15) is 11.4 Å². The molecule has 13 heteroatoms. The first-order valence-corrected chi connectivity index (χ1v) is 28.2. The van der Waals surface area contributed by atoms with Gasteiger partial charge in [0.25, 0.3) is 0 Å². The van der Waals surface area contributed by atoms with Gasteiger partial charge in [-0.3, -0.25) is 15.0 Å². The Kier molecular flexibility index (Phi) is 24.0. The lowest BCUT2D eigenvalue weighted by Crippen LogP contribution is -2.23. The third-order valence-electron chi connectivity index (χ3n) is 7.51. The Balaban J connectivity index is 0.000000240. The first-order valence-electron chi connectivity index (χ1n) is 17.2. The summed E-state index contributed by atoms with van der Waals surface area (Å²) in [5.74, 6) is 0. The molecule has 0 atom stereocenters. The highest BCUT2D eigenvalue weighted by atomic mass is 32.1. The van der Waals surface area contributed by atoms with E-state index in [1.807, 2.05) is 18.2 Å². The number of thiocarbonyl (C=S) groups is 2. The number of fused-ring (bicyclic) bond motifs is 1. The predicted octanol–water partition coefficient (Wildman–Crippen LogP) is 10.9. The van der Waals surface area contributed by atoms with Crippen molar-refractivity contribution in [2.75, 3.05) is 89.2 Å². The monoisotopic (exact) mass is 869 g/mol. The van der Waals surface area contributed by atoms with E-state index in [0.29, 0.717) is 29.9 Å². The molecular formula is C41H55N5P4S4. The number of nitrogens with zero attached hydrogens (tertiary/aromatic N) is 5. The summed E-state index contributed by atoms with van der Waals surface area (Å²) < 4.78 is 1.01. The van der Waals surface area contributed by atoms with Crippen molar-refractivity contribution in [3.05, 3.63) is 133 Å². The number of rotatable bonds is 8. The fourth-order valence-electron chi connectivity index (χ4n) is 4.73. The van der Waals surface area contributed by atoms with E-state index in [1.165, 1.54) is 29.4 Å². The Bertz CT molecular complexity index is 1720. The SMILES string of the molecule is CN1CN(c2ccccc2)c2ccccc21.CP(C)CCP(C)C.CP(C)c1ccccc1P(C)C.S=C(S)c1ccccn1.S=C(S)c1cnccn1. The van der Waals surface area contributed by atoms with Gasteiger partial charge in [0, 0.05) is 31.3 Å². The van der Waals surface area contributed by atoms with Crippen molar-refractivity contribution in [1.82, 2.24) is 15.0 Å². The van der Waals surface area contributed by atoms with Gasteiger partial charge < -0.3 is 9.80 Å². The average molecular weight is 870 g/mol. The third-order valence-corrected chi connectivity index (χ3v) is 13.9. The summed E-state index contributed by atoms with van der Waals surface area (Å²) in [6.07, 6.45) is 9.41. The minimum atomic E-state index is 0.0674. The van der Waals surface area contributed by atoms with Gasteiger partial charge in [-0.25, -0.2) is 0 Å². The molecule has 3 aromatic carbocycles. The van der Waals surface area contributed by atoms with Gasteiger partial charge in [0.15, 0.2) is 0 Å². The summed E-state index contributed by atoms with van der Waals surface area (Å²) in [6, 6.07) is 33.4. The maximum Gasteiger partial charge on any atom is 0.105 e. The van der Waals surface area contributed by atoms with Crippen LogP contribution in [0.15, 0.2) is 122 Å². The van der Waals surface area contributed by atoms with Gasteiger partial charge in [0.05, 0.1) is 38.3 Å². The van der Waals surface area contributed by atoms with E-state index in [0.717, 1.165) is 12.4 Å². The zero-order valence-electron chi connectivity index (χ0n) is 32.9. The Morgan fingerprint density at radius 3 is 1.48 bits per heavy atom. The smallest absolute Gasteiger partial charge is 0.105 e. The van der Waals surface area contributed by atoms with Crippen LogP contribution in [0.25, 0.3) is 0 Å². The number of pyridine rings is 1. The minimum Gasteiger partial charge on any atom is -0.355 e. The molecule has 0 fully saturated rings. The van der Waals surface area contributed by atoms with E-state index in [-0.39, 0.29) is 15.8 Å². The van der Waals surface area contributed by atoms with Crippen LogP contribution in [0.2, 0.25) is 0 Å². The molecule has 0 spiro atoms. The van der Waals surface area contributed by atoms with Crippen molar-refractivity contribution in [2.24, 2.45) is 0 Å². The van der Waals surface area contributed by atoms with Crippen molar-refractivity contribution in [3.8, 4) is 0 Å². The highest BCUT2D eigenvalue weighted by Crippen LogP contribution is 2.39. The highest BCUT2D eigenvalue weighted by molar-refractivity contribution is 8.12. The molecule has 3 heterocycles. The molecule has 5 aromatic rings. The van der Waals surface area contributed by atoms with E-state index in [4.69, 9.17) is 24.4 Å². The second-order valence-electron chi connectivity index (χ2n) is 12.9. The lowest BCUT2D eigenvalue weighted by atomic mass is 10.2. The molecule has 1 aliphatic rings. The summed E-state index contributed by atoms with van der Waals surface area (Å²) in [5, 5.41) is 3.17. The number of hydrogen-bond donors (Lipinski definition) is 2. The van der Waals surface area contributed by atoms with E-state index in [1.54, 1.807) is 35.4 Å².